The van der Waals surface area contributed by atoms with Gasteiger partial charge in [0.2, 0.25) is 0 Å². The molecule has 0 bridgehead atoms. The smallest absolute Gasteiger partial charge is 0.0317 e. The molecule has 0 aromatic carbocycles. The second-order valence-corrected chi connectivity index (χ2v) is 5.21. The predicted octanol–water partition coefficient (Wildman–Crippen LogP) is 4.02. The van der Waals surface area contributed by atoms with E-state index in [-0.39, 0.29) is 0 Å². The fraction of sp³-hybridized carbons (Fsp3) is 0.846. The van der Waals surface area contributed by atoms with Gasteiger partial charge in [-0.25, -0.2) is 0 Å². The molecule has 1 saturated carbocycles. The van der Waals surface area contributed by atoms with Crippen LogP contribution in [-0.2, 0) is 0 Å². The molecular formula is C13H22. The molecule has 0 spiro atoms. The molecule has 0 saturated heterocycles. The lowest BCUT2D eigenvalue weighted by Gasteiger charge is -2.41. The molecule has 0 radical (unpaired) electrons. The second kappa shape index (κ2) is 3.86. The SMILES string of the molecule is CC(C)C1CCCC2CC=CCC21. The monoisotopic (exact) mass is 178 g/mol. The summed E-state index contributed by atoms with van der Waals surface area (Å²) in [4.78, 5) is 0. The summed E-state index contributed by atoms with van der Waals surface area (Å²) in [5.41, 5.74) is 0. The Kier molecular flexibility index (Phi) is 2.76. The van der Waals surface area contributed by atoms with Crippen molar-refractivity contribution < 1.29 is 0 Å². The summed E-state index contributed by atoms with van der Waals surface area (Å²) in [6, 6.07) is 0. The zero-order chi connectivity index (χ0) is 9.26. The van der Waals surface area contributed by atoms with Crippen LogP contribution in [0.25, 0.3) is 0 Å². The summed E-state index contributed by atoms with van der Waals surface area (Å²) >= 11 is 0. The third kappa shape index (κ3) is 1.82. The molecule has 0 heteroatoms. The molecule has 13 heavy (non-hydrogen) atoms. The molecule has 3 atom stereocenters. The summed E-state index contributed by atoms with van der Waals surface area (Å²) < 4.78 is 0. The van der Waals surface area contributed by atoms with Crippen molar-refractivity contribution in [2.75, 3.05) is 0 Å². The summed E-state index contributed by atoms with van der Waals surface area (Å²) in [5, 5.41) is 0. The molecule has 0 nitrogen and oxygen atoms in total. The Hall–Kier alpha value is -0.260. The van der Waals surface area contributed by atoms with Crippen LogP contribution >= 0.6 is 0 Å². The maximum atomic E-state index is 2.42. The first kappa shape index (κ1) is 9.30. The highest BCUT2D eigenvalue weighted by Gasteiger charge is 2.34. The van der Waals surface area contributed by atoms with E-state index in [0.717, 1.165) is 23.7 Å². The molecule has 0 heterocycles. The highest BCUT2D eigenvalue weighted by Crippen LogP contribution is 2.44. The molecule has 74 valence electrons. The van der Waals surface area contributed by atoms with Crippen LogP contribution in [0, 0.1) is 23.7 Å². The highest BCUT2D eigenvalue weighted by molar-refractivity contribution is 4.98. The number of fused-ring (bicyclic) bond motifs is 1. The first-order valence-electron chi connectivity index (χ1n) is 5.94. The normalized spacial score (nSPS) is 39.2. The first-order valence-corrected chi connectivity index (χ1v) is 5.94. The van der Waals surface area contributed by atoms with E-state index in [0.29, 0.717) is 0 Å². The van der Waals surface area contributed by atoms with Crippen LogP contribution < -0.4 is 0 Å². The Morgan fingerprint density at radius 3 is 2.62 bits per heavy atom. The third-order valence-electron chi connectivity index (χ3n) is 4.14. The van der Waals surface area contributed by atoms with Crippen molar-refractivity contribution in [3.8, 4) is 0 Å². The average Bonchev–Trinajstić information content (AvgIpc) is 2.17. The van der Waals surface area contributed by atoms with Gasteiger partial charge in [-0.05, 0) is 49.4 Å². The minimum atomic E-state index is 0.902. The molecule has 0 N–H and O–H groups in total. The lowest BCUT2D eigenvalue weighted by Crippen LogP contribution is -2.32. The molecule has 1 fully saturated rings. The molecule has 0 aliphatic heterocycles. The molecule has 0 aromatic heterocycles. The van der Waals surface area contributed by atoms with Gasteiger partial charge in [0.15, 0.2) is 0 Å². The Labute approximate surface area is 82.4 Å². The number of hydrogen-bond acceptors (Lipinski definition) is 0. The van der Waals surface area contributed by atoms with Gasteiger partial charge in [0.1, 0.15) is 0 Å². The van der Waals surface area contributed by atoms with E-state index in [1.165, 1.54) is 32.1 Å². The van der Waals surface area contributed by atoms with Crippen molar-refractivity contribution in [1.82, 2.24) is 0 Å². The predicted molar refractivity (Wildman–Crippen MR) is 57.5 cm³/mol. The van der Waals surface area contributed by atoms with E-state index in [4.69, 9.17) is 0 Å². The molecule has 2 aliphatic rings. The van der Waals surface area contributed by atoms with Crippen molar-refractivity contribution in [2.45, 2.75) is 46.0 Å². The molecule has 0 amide bonds. The lowest BCUT2D eigenvalue weighted by molar-refractivity contribution is 0.111. The Morgan fingerprint density at radius 1 is 1.08 bits per heavy atom. The minimum Gasteiger partial charge on any atom is -0.0882 e. The van der Waals surface area contributed by atoms with Gasteiger partial charge in [0.25, 0.3) is 0 Å². The van der Waals surface area contributed by atoms with Crippen LogP contribution in [0.1, 0.15) is 46.0 Å². The number of hydrogen-bond donors (Lipinski definition) is 0. The van der Waals surface area contributed by atoms with E-state index in [1.807, 2.05) is 0 Å². The first-order chi connectivity index (χ1) is 6.29. The van der Waals surface area contributed by atoms with Gasteiger partial charge in [-0.2, -0.15) is 0 Å². The molecule has 0 aromatic rings. The van der Waals surface area contributed by atoms with Gasteiger partial charge in [-0.3, -0.25) is 0 Å². The van der Waals surface area contributed by atoms with E-state index < -0.39 is 0 Å². The van der Waals surface area contributed by atoms with Crippen molar-refractivity contribution >= 4 is 0 Å². The van der Waals surface area contributed by atoms with Gasteiger partial charge >= 0.3 is 0 Å². The van der Waals surface area contributed by atoms with Crippen LogP contribution in [-0.4, -0.2) is 0 Å². The minimum absolute atomic E-state index is 0.902. The van der Waals surface area contributed by atoms with Crippen LogP contribution in [0.3, 0.4) is 0 Å². The van der Waals surface area contributed by atoms with Gasteiger partial charge in [0, 0.05) is 0 Å². The van der Waals surface area contributed by atoms with Crippen molar-refractivity contribution in [3.63, 3.8) is 0 Å². The molecular weight excluding hydrogens is 156 g/mol. The summed E-state index contributed by atoms with van der Waals surface area (Å²) in [6.45, 7) is 4.82. The van der Waals surface area contributed by atoms with Crippen molar-refractivity contribution in [1.29, 1.82) is 0 Å². The quantitative estimate of drug-likeness (QED) is 0.532. The second-order valence-electron chi connectivity index (χ2n) is 5.21. The largest absolute Gasteiger partial charge is 0.0882 e. The van der Waals surface area contributed by atoms with E-state index in [1.54, 1.807) is 0 Å². The number of rotatable bonds is 1. The fourth-order valence-electron chi connectivity index (χ4n) is 3.41. The van der Waals surface area contributed by atoms with Gasteiger partial charge in [0.05, 0.1) is 0 Å². The highest BCUT2D eigenvalue weighted by atomic mass is 14.4. The lowest BCUT2D eigenvalue weighted by atomic mass is 9.64. The van der Waals surface area contributed by atoms with Crippen LogP contribution in [0.15, 0.2) is 12.2 Å². The maximum absolute atomic E-state index is 2.42. The Balaban J connectivity index is 2.08. The third-order valence-corrected chi connectivity index (χ3v) is 4.14. The van der Waals surface area contributed by atoms with Crippen molar-refractivity contribution in [3.05, 3.63) is 12.2 Å². The summed E-state index contributed by atoms with van der Waals surface area (Å²) in [6.07, 6.45) is 12.0. The Bertz CT molecular complexity index is 190. The molecule has 3 unspecified atom stereocenters. The summed E-state index contributed by atoms with van der Waals surface area (Å²) in [5.74, 6) is 3.98. The van der Waals surface area contributed by atoms with Gasteiger partial charge in [-0.15, -0.1) is 0 Å². The van der Waals surface area contributed by atoms with Gasteiger partial charge < -0.3 is 0 Å². The standard InChI is InChI=1S/C13H22/c1-10(2)12-9-5-7-11-6-3-4-8-13(11)12/h3-4,10-13H,5-9H2,1-2H3. The number of allylic oxidation sites excluding steroid dienone is 2. The van der Waals surface area contributed by atoms with E-state index in [9.17, 15) is 0 Å². The van der Waals surface area contributed by atoms with Crippen LogP contribution in [0.5, 0.6) is 0 Å². The zero-order valence-electron chi connectivity index (χ0n) is 9.00. The topological polar surface area (TPSA) is 0 Å². The Morgan fingerprint density at radius 2 is 1.85 bits per heavy atom. The maximum Gasteiger partial charge on any atom is -0.0317 e. The average molecular weight is 178 g/mol. The molecule has 2 aliphatic carbocycles. The van der Waals surface area contributed by atoms with Crippen molar-refractivity contribution in [2.24, 2.45) is 23.7 Å². The summed E-state index contributed by atoms with van der Waals surface area (Å²) in [7, 11) is 0. The van der Waals surface area contributed by atoms with E-state index >= 15 is 0 Å². The fourth-order valence-corrected chi connectivity index (χ4v) is 3.41. The molecule has 2 rings (SSSR count). The van der Waals surface area contributed by atoms with E-state index in [2.05, 4.69) is 26.0 Å². The van der Waals surface area contributed by atoms with Crippen LogP contribution in [0.4, 0.5) is 0 Å². The van der Waals surface area contributed by atoms with Gasteiger partial charge in [-0.1, -0.05) is 32.4 Å². The van der Waals surface area contributed by atoms with Crippen LogP contribution in [0.2, 0.25) is 0 Å². The zero-order valence-corrected chi connectivity index (χ0v) is 9.00.